The first-order valence-corrected chi connectivity index (χ1v) is 7.61. The van der Waals surface area contributed by atoms with Crippen molar-refractivity contribution in [3.63, 3.8) is 0 Å². The highest BCUT2D eigenvalue weighted by Gasteiger charge is 2.36. The predicted molar refractivity (Wildman–Crippen MR) is 75.3 cm³/mol. The third-order valence-electron chi connectivity index (χ3n) is 3.36. The van der Waals surface area contributed by atoms with Crippen LogP contribution in [0.3, 0.4) is 0 Å². The Balaban J connectivity index is 2.41. The van der Waals surface area contributed by atoms with E-state index in [1.807, 2.05) is 0 Å². The molecular formula is C13H28N2S. The number of thioether (sulfide) groups is 1. The van der Waals surface area contributed by atoms with E-state index < -0.39 is 0 Å². The molecule has 0 radical (unpaired) electrons. The van der Waals surface area contributed by atoms with Gasteiger partial charge in [-0.1, -0.05) is 6.92 Å². The minimum atomic E-state index is 0.271. The monoisotopic (exact) mass is 244 g/mol. The molecule has 96 valence electrons. The molecule has 1 aliphatic rings. The first kappa shape index (κ1) is 14.3. The molecule has 0 aromatic heterocycles. The van der Waals surface area contributed by atoms with Gasteiger partial charge in [-0.2, -0.15) is 11.8 Å². The molecule has 2 nitrogen and oxygen atoms in total. The van der Waals surface area contributed by atoms with E-state index >= 15 is 0 Å². The maximum atomic E-state index is 3.63. The number of nitrogens with zero attached hydrogens (tertiary/aromatic N) is 1. The van der Waals surface area contributed by atoms with Gasteiger partial charge in [0.15, 0.2) is 0 Å². The van der Waals surface area contributed by atoms with Crippen LogP contribution in [0.4, 0.5) is 0 Å². The number of piperazine rings is 1. The zero-order chi connectivity index (χ0) is 12.2. The summed E-state index contributed by atoms with van der Waals surface area (Å²) < 4.78 is 0. The van der Waals surface area contributed by atoms with Crippen LogP contribution in [0.2, 0.25) is 0 Å². The van der Waals surface area contributed by atoms with E-state index in [0.717, 1.165) is 13.1 Å². The molecule has 0 saturated carbocycles. The van der Waals surface area contributed by atoms with E-state index in [-0.39, 0.29) is 5.54 Å². The predicted octanol–water partition coefficient (Wildman–Crippen LogP) is 2.59. The van der Waals surface area contributed by atoms with Gasteiger partial charge in [0, 0.05) is 24.2 Å². The fourth-order valence-corrected chi connectivity index (χ4v) is 2.82. The van der Waals surface area contributed by atoms with Gasteiger partial charge in [-0.05, 0) is 52.2 Å². The molecule has 1 saturated heterocycles. The molecule has 0 aliphatic carbocycles. The fourth-order valence-electron chi connectivity index (χ4n) is 2.20. The molecule has 1 heterocycles. The van der Waals surface area contributed by atoms with Crippen LogP contribution in [0.25, 0.3) is 0 Å². The molecule has 1 aliphatic heterocycles. The molecule has 0 aromatic carbocycles. The summed E-state index contributed by atoms with van der Waals surface area (Å²) in [5, 5.41) is 3.63. The van der Waals surface area contributed by atoms with Crippen LogP contribution in [-0.4, -0.2) is 47.1 Å². The Hall–Kier alpha value is 0.270. The lowest BCUT2D eigenvalue weighted by molar-refractivity contribution is 0.0398. The Morgan fingerprint density at radius 3 is 2.56 bits per heavy atom. The van der Waals surface area contributed by atoms with Crippen LogP contribution in [-0.2, 0) is 0 Å². The van der Waals surface area contributed by atoms with Crippen LogP contribution < -0.4 is 5.32 Å². The summed E-state index contributed by atoms with van der Waals surface area (Å²) in [4.78, 5) is 2.65. The molecule has 1 N–H and O–H groups in total. The molecule has 0 spiro atoms. The molecule has 0 unspecified atom stereocenters. The number of rotatable bonds is 5. The Bertz CT molecular complexity index is 214. The number of hydrogen-bond donors (Lipinski definition) is 1. The van der Waals surface area contributed by atoms with Gasteiger partial charge < -0.3 is 5.32 Å². The van der Waals surface area contributed by atoms with Gasteiger partial charge in [-0.25, -0.2) is 0 Å². The first-order valence-electron chi connectivity index (χ1n) is 6.45. The third kappa shape index (κ3) is 4.27. The van der Waals surface area contributed by atoms with Gasteiger partial charge in [-0.15, -0.1) is 0 Å². The molecule has 0 amide bonds. The van der Waals surface area contributed by atoms with Gasteiger partial charge in [0.25, 0.3) is 0 Å². The average molecular weight is 244 g/mol. The molecule has 3 heteroatoms. The zero-order valence-electron chi connectivity index (χ0n) is 11.6. The van der Waals surface area contributed by atoms with E-state index in [2.05, 4.69) is 56.6 Å². The summed E-state index contributed by atoms with van der Waals surface area (Å²) in [5.74, 6) is 2.55. The standard InChI is InChI=1S/C13H28N2S/c1-6-16-9-7-8-15-11-12(2,3)14-10-13(15,4)5/h14H,6-11H2,1-5H3. The lowest BCUT2D eigenvalue weighted by Crippen LogP contribution is -2.66. The molecule has 1 rings (SSSR count). The van der Waals surface area contributed by atoms with Gasteiger partial charge in [0.2, 0.25) is 0 Å². The number of nitrogens with one attached hydrogen (secondary N) is 1. The highest BCUT2D eigenvalue weighted by atomic mass is 32.2. The van der Waals surface area contributed by atoms with E-state index in [9.17, 15) is 0 Å². The van der Waals surface area contributed by atoms with Crippen molar-refractivity contribution in [2.45, 2.75) is 52.1 Å². The van der Waals surface area contributed by atoms with Crippen LogP contribution in [0.15, 0.2) is 0 Å². The molecule has 0 atom stereocenters. The van der Waals surface area contributed by atoms with Crippen molar-refractivity contribution in [3.05, 3.63) is 0 Å². The van der Waals surface area contributed by atoms with E-state index in [1.165, 1.54) is 24.5 Å². The van der Waals surface area contributed by atoms with Gasteiger partial charge >= 0.3 is 0 Å². The van der Waals surface area contributed by atoms with Crippen LogP contribution in [0.5, 0.6) is 0 Å². The summed E-state index contributed by atoms with van der Waals surface area (Å²) in [7, 11) is 0. The minimum Gasteiger partial charge on any atom is -0.309 e. The lowest BCUT2D eigenvalue weighted by Gasteiger charge is -2.49. The molecule has 1 fully saturated rings. The van der Waals surface area contributed by atoms with Gasteiger partial charge in [0.05, 0.1) is 0 Å². The highest BCUT2D eigenvalue weighted by molar-refractivity contribution is 7.99. The molecule has 16 heavy (non-hydrogen) atoms. The topological polar surface area (TPSA) is 15.3 Å². The Labute approximate surface area is 106 Å². The minimum absolute atomic E-state index is 0.271. The van der Waals surface area contributed by atoms with Crippen molar-refractivity contribution < 1.29 is 0 Å². The SMILES string of the molecule is CCSCCCN1CC(C)(C)NCC1(C)C. The Morgan fingerprint density at radius 1 is 1.25 bits per heavy atom. The van der Waals surface area contributed by atoms with Crippen molar-refractivity contribution in [2.24, 2.45) is 0 Å². The maximum Gasteiger partial charge on any atom is 0.0278 e. The number of hydrogen-bond acceptors (Lipinski definition) is 3. The lowest BCUT2D eigenvalue weighted by atomic mass is 9.91. The van der Waals surface area contributed by atoms with Crippen molar-refractivity contribution in [1.82, 2.24) is 10.2 Å². The van der Waals surface area contributed by atoms with E-state index in [1.54, 1.807) is 0 Å². The van der Waals surface area contributed by atoms with E-state index in [4.69, 9.17) is 0 Å². The van der Waals surface area contributed by atoms with Crippen LogP contribution in [0, 0.1) is 0 Å². The Kier molecular flexibility index (Phi) is 5.14. The zero-order valence-corrected chi connectivity index (χ0v) is 12.4. The van der Waals surface area contributed by atoms with Crippen molar-refractivity contribution >= 4 is 11.8 Å². The maximum absolute atomic E-state index is 3.63. The molecule has 0 aromatic rings. The van der Waals surface area contributed by atoms with Crippen molar-refractivity contribution in [2.75, 3.05) is 31.1 Å². The van der Waals surface area contributed by atoms with Crippen molar-refractivity contribution in [3.8, 4) is 0 Å². The summed E-state index contributed by atoms with van der Waals surface area (Å²) in [6.07, 6.45) is 1.32. The largest absolute Gasteiger partial charge is 0.309 e. The summed E-state index contributed by atoms with van der Waals surface area (Å²) >= 11 is 2.05. The highest BCUT2D eigenvalue weighted by Crippen LogP contribution is 2.23. The second kappa shape index (κ2) is 5.74. The normalized spacial score (nSPS) is 24.6. The fraction of sp³-hybridized carbons (Fsp3) is 1.00. The summed E-state index contributed by atoms with van der Waals surface area (Å²) in [6, 6.07) is 0. The third-order valence-corrected chi connectivity index (χ3v) is 4.35. The van der Waals surface area contributed by atoms with Crippen molar-refractivity contribution in [1.29, 1.82) is 0 Å². The smallest absolute Gasteiger partial charge is 0.0278 e. The van der Waals surface area contributed by atoms with Gasteiger partial charge in [-0.3, -0.25) is 4.90 Å². The second-order valence-electron chi connectivity index (χ2n) is 6.02. The second-order valence-corrected chi connectivity index (χ2v) is 7.42. The van der Waals surface area contributed by atoms with E-state index in [0.29, 0.717) is 5.54 Å². The van der Waals surface area contributed by atoms with Crippen LogP contribution in [0.1, 0.15) is 41.0 Å². The molecule has 0 bridgehead atoms. The molecular weight excluding hydrogens is 216 g/mol. The average Bonchev–Trinajstić information content (AvgIpc) is 2.18. The van der Waals surface area contributed by atoms with Gasteiger partial charge in [0.1, 0.15) is 0 Å². The summed E-state index contributed by atoms with van der Waals surface area (Å²) in [6.45, 7) is 15.0. The quantitative estimate of drug-likeness (QED) is 0.748. The Morgan fingerprint density at radius 2 is 1.94 bits per heavy atom. The summed E-state index contributed by atoms with van der Waals surface area (Å²) in [5.41, 5.74) is 0.583. The first-order chi connectivity index (χ1) is 7.37. The van der Waals surface area contributed by atoms with Crippen LogP contribution >= 0.6 is 11.8 Å².